The van der Waals surface area contributed by atoms with Crippen molar-refractivity contribution in [2.45, 2.75) is 26.3 Å². The lowest BCUT2D eigenvalue weighted by Gasteiger charge is -1.97. The summed E-state index contributed by atoms with van der Waals surface area (Å²) in [5.74, 6) is 1.63. The molecule has 0 amide bonds. The topological polar surface area (TPSA) is 80.5 Å². The Morgan fingerprint density at radius 2 is 2.31 bits per heavy atom. The van der Waals surface area contributed by atoms with Gasteiger partial charge in [-0.2, -0.15) is 5.10 Å². The van der Waals surface area contributed by atoms with Crippen LogP contribution in [0, 0.1) is 0 Å². The van der Waals surface area contributed by atoms with Crippen LogP contribution in [0.2, 0.25) is 0 Å². The molecular weight excluding hydrogens is 202 g/mol. The maximum Gasteiger partial charge on any atom is 0.181 e. The molecule has 0 bridgehead atoms. The second-order valence-corrected chi connectivity index (χ2v) is 3.60. The van der Waals surface area contributed by atoms with Gasteiger partial charge < -0.3 is 5.73 Å². The van der Waals surface area contributed by atoms with E-state index in [-0.39, 0.29) is 0 Å². The van der Waals surface area contributed by atoms with Crippen molar-refractivity contribution in [2.24, 2.45) is 5.73 Å². The summed E-state index contributed by atoms with van der Waals surface area (Å²) >= 11 is 0. The molecule has 0 fully saturated rings. The highest BCUT2D eigenvalue weighted by Crippen LogP contribution is 2.14. The fourth-order valence-electron chi connectivity index (χ4n) is 1.50. The normalized spacial score (nSPS) is 10.6. The van der Waals surface area contributed by atoms with Gasteiger partial charge in [0.15, 0.2) is 5.82 Å². The predicted molar refractivity (Wildman–Crippen MR) is 61.5 cm³/mol. The average molecular weight is 217 g/mol. The summed E-state index contributed by atoms with van der Waals surface area (Å²) in [5.41, 5.74) is 7.34. The second-order valence-electron chi connectivity index (χ2n) is 3.60. The zero-order chi connectivity index (χ0) is 11.4. The molecule has 0 saturated heterocycles. The Kier molecular flexibility index (Phi) is 3.26. The van der Waals surface area contributed by atoms with Gasteiger partial charge in [-0.05, 0) is 18.6 Å². The van der Waals surface area contributed by atoms with Gasteiger partial charge >= 0.3 is 0 Å². The second kappa shape index (κ2) is 4.85. The molecule has 0 aliphatic rings. The van der Waals surface area contributed by atoms with Gasteiger partial charge in [0.2, 0.25) is 0 Å². The van der Waals surface area contributed by atoms with Crippen LogP contribution in [0.25, 0.3) is 11.4 Å². The smallest absolute Gasteiger partial charge is 0.181 e. The molecule has 0 unspecified atom stereocenters. The van der Waals surface area contributed by atoms with Gasteiger partial charge in [-0.3, -0.25) is 10.1 Å². The Morgan fingerprint density at radius 3 is 3.06 bits per heavy atom. The largest absolute Gasteiger partial charge is 0.325 e. The van der Waals surface area contributed by atoms with Crippen molar-refractivity contribution in [3.63, 3.8) is 0 Å². The summed E-state index contributed by atoms with van der Waals surface area (Å²) in [6.45, 7) is 2.54. The highest BCUT2D eigenvalue weighted by Gasteiger charge is 2.05. The van der Waals surface area contributed by atoms with Crippen LogP contribution in [0.3, 0.4) is 0 Å². The third-order valence-electron chi connectivity index (χ3n) is 2.30. The summed E-state index contributed by atoms with van der Waals surface area (Å²) in [4.78, 5) is 8.55. The number of aromatic nitrogens is 4. The Labute approximate surface area is 94.1 Å². The number of pyridine rings is 1. The van der Waals surface area contributed by atoms with Crippen LogP contribution in [-0.4, -0.2) is 20.2 Å². The number of nitrogens with one attached hydrogen (secondary N) is 1. The van der Waals surface area contributed by atoms with Crippen molar-refractivity contribution < 1.29 is 0 Å². The van der Waals surface area contributed by atoms with E-state index in [1.165, 1.54) is 0 Å². The van der Waals surface area contributed by atoms with Crippen molar-refractivity contribution in [1.82, 2.24) is 20.2 Å². The molecule has 0 saturated carbocycles. The van der Waals surface area contributed by atoms with Crippen LogP contribution >= 0.6 is 0 Å². The SMILES string of the molecule is CCCc1nc(-c2ccnc(CN)c2)n[nH]1. The van der Waals surface area contributed by atoms with Crippen molar-refractivity contribution in [3.8, 4) is 11.4 Å². The van der Waals surface area contributed by atoms with E-state index >= 15 is 0 Å². The van der Waals surface area contributed by atoms with Crippen LogP contribution in [-0.2, 0) is 13.0 Å². The minimum absolute atomic E-state index is 0.431. The fraction of sp³-hybridized carbons (Fsp3) is 0.364. The molecule has 3 N–H and O–H groups in total. The maximum atomic E-state index is 5.54. The zero-order valence-electron chi connectivity index (χ0n) is 9.27. The molecule has 5 nitrogen and oxygen atoms in total. The minimum atomic E-state index is 0.431. The summed E-state index contributed by atoms with van der Waals surface area (Å²) in [6.07, 6.45) is 3.70. The quantitative estimate of drug-likeness (QED) is 0.808. The first-order valence-corrected chi connectivity index (χ1v) is 5.40. The summed E-state index contributed by atoms with van der Waals surface area (Å²) < 4.78 is 0. The molecule has 0 aliphatic carbocycles. The number of nitrogens with two attached hydrogens (primary N) is 1. The molecule has 2 rings (SSSR count). The fourth-order valence-corrected chi connectivity index (χ4v) is 1.50. The minimum Gasteiger partial charge on any atom is -0.325 e. The summed E-state index contributed by atoms with van der Waals surface area (Å²) in [7, 11) is 0. The van der Waals surface area contributed by atoms with Gasteiger partial charge in [-0.15, -0.1) is 0 Å². The lowest BCUT2D eigenvalue weighted by molar-refractivity contribution is 0.841. The van der Waals surface area contributed by atoms with Gasteiger partial charge in [0.25, 0.3) is 0 Å². The molecular formula is C11H15N5. The maximum absolute atomic E-state index is 5.54. The number of hydrogen-bond donors (Lipinski definition) is 2. The number of aromatic amines is 1. The molecule has 2 heterocycles. The van der Waals surface area contributed by atoms with E-state index in [1.807, 2.05) is 12.1 Å². The van der Waals surface area contributed by atoms with E-state index < -0.39 is 0 Å². The Morgan fingerprint density at radius 1 is 1.44 bits per heavy atom. The molecule has 2 aromatic rings. The van der Waals surface area contributed by atoms with E-state index in [0.717, 1.165) is 29.9 Å². The molecule has 0 spiro atoms. The van der Waals surface area contributed by atoms with Crippen molar-refractivity contribution in [2.75, 3.05) is 0 Å². The molecule has 2 aromatic heterocycles. The number of aryl methyl sites for hydroxylation is 1. The Bertz CT molecular complexity index is 463. The number of rotatable bonds is 4. The standard InChI is InChI=1S/C11H15N5/c1-2-3-10-14-11(16-15-10)8-4-5-13-9(6-8)7-12/h4-6H,2-3,7,12H2,1H3,(H,14,15,16). The lowest BCUT2D eigenvalue weighted by atomic mass is 10.2. The third kappa shape index (κ3) is 2.25. The molecule has 0 radical (unpaired) electrons. The van der Waals surface area contributed by atoms with Gasteiger partial charge in [0.05, 0.1) is 5.69 Å². The number of H-pyrrole nitrogens is 1. The molecule has 5 heteroatoms. The molecule has 84 valence electrons. The van der Waals surface area contributed by atoms with Gasteiger partial charge in [0.1, 0.15) is 5.82 Å². The third-order valence-corrected chi connectivity index (χ3v) is 2.30. The number of nitrogens with zero attached hydrogens (tertiary/aromatic N) is 3. The van der Waals surface area contributed by atoms with Crippen LogP contribution in [0.5, 0.6) is 0 Å². The van der Waals surface area contributed by atoms with E-state index in [4.69, 9.17) is 5.73 Å². The van der Waals surface area contributed by atoms with Crippen LogP contribution in [0.15, 0.2) is 18.3 Å². The van der Waals surface area contributed by atoms with Crippen molar-refractivity contribution in [1.29, 1.82) is 0 Å². The Hall–Kier alpha value is -1.75. The molecule has 16 heavy (non-hydrogen) atoms. The van der Waals surface area contributed by atoms with Crippen LogP contribution in [0.1, 0.15) is 24.9 Å². The molecule has 0 aliphatic heterocycles. The van der Waals surface area contributed by atoms with Crippen LogP contribution < -0.4 is 5.73 Å². The van der Waals surface area contributed by atoms with Gasteiger partial charge in [0, 0.05) is 24.7 Å². The van der Waals surface area contributed by atoms with Crippen molar-refractivity contribution >= 4 is 0 Å². The average Bonchev–Trinajstić information content (AvgIpc) is 2.78. The highest BCUT2D eigenvalue weighted by molar-refractivity contribution is 5.54. The molecule has 0 atom stereocenters. The first-order chi connectivity index (χ1) is 7.83. The first-order valence-electron chi connectivity index (χ1n) is 5.40. The van der Waals surface area contributed by atoms with E-state index in [0.29, 0.717) is 12.4 Å². The molecule has 0 aromatic carbocycles. The summed E-state index contributed by atoms with van der Waals surface area (Å²) in [5, 5.41) is 7.11. The van der Waals surface area contributed by atoms with Crippen LogP contribution in [0.4, 0.5) is 0 Å². The zero-order valence-corrected chi connectivity index (χ0v) is 9.27. The first kappa shape index (κ1) is 10.8. The number of hydrogen-bond acceptors (Lipinski definition) is 4. The Balaban J connectivity index is 2.27. The summed E-state index contributed by atoms with van der Waals surface area (Å²) in [6, 6.07) is 3.80. The van der Waals surface area contributed by atoms with Gasteiger partial charge in [-0.1, -0.05) is 6.92 Å². The van der Waals surface area contributed by atoms with Crippen molar-refractivity contribution in [3.05, 3.63) is 29.8 Å². The van der Waals surface area contributed by atoms with E-state index in [1.54, 1.807) is 6.20 Å². The highest BCUT2D eigenvalue weighted by atomic mass is 15.2. The van der Waals surface area contributed by atoms with Gasteiger partial charge in [-0.25, -0.2) is 4.98 Å². The lowest BCUT2D eigenvalue weighted by Crippen LogP contribution is -1.99. The predicted octanol–water partition coefficient (Wildman–Crippen LogP) is 1.28. The monoisotopic (exact) mass is 217 g/mol. The van der Waals surface area contributed by atoms with E-state index in [2.05, 4.69) is 27.1 Å². The van der Waals surface area contributed by atoms with E-state index in [9.17, 15) is 0 Å².